The van der Waals surface area contributed by atoms with Gasteiger partial charge in [-0.05, 0) is 31.7 Å². The zero-order chi connectivity index (χ0) is 13.3. The summed E-state index contributed by atoms with van der Waals surface area (Å²) in [7, 11) is 0. The molecule has 2 unspecified atom stereocenters. The van der Waals surface area contributed by atoms with Crippen LogP contribution in [0.1, 0.15) is 32.1 Å². The van der Waals surface area contributed by atoms with E-state index in [2.05, 4.69) is 5.32 Å². The molecular formula is C13H18N2O2S. The summed E-state index contributed by atoms with van der Waals surface area (Å²) in [6.07, 6.45) is 0.614. The summed E-state index contributed by atoms with van der Waals surface area (Å²) in [5.41, 5.74) is -0.742. The molecule has 0 saturated carbocycles. The van der Waals surface area contributed by atoms with Crippen molar-refractivity contribution in [2.45, 2.75) is 45.3 Å². The number of hydrogen-bond acceptors (Lipinski definition) is 3. The van der Waals surface area contributed by atoms with Gasteiger partial charge in [-0.2, -0.15) is 0 Å². The Balaban J connectivity index is 2.31. The average molecular weight is 266 g/mol. The van der Waals surface area contributed by atoms with Crippen LogP contribution in [-0.4, -0.2) is 28.3 Å². The lowest BCUT2D eigenvalue weighted by Gasteiger charge is -2.45. The highest BCUT2D eigenvalue weighted by Crippen LogP contribution is 2.28. The SMILES string of the molecule is CCC1(C)C(=O)NC(C)C(=O)N1Cc1cccs1. The summed E-state index contributed by atoms with van der Waals surface area (Å²) < 4.78 is 0. The lowest BCUT2D eigenvalue weighted by Crippen LogP contribution is -2.68. The maximum Gasteiger partial charge on any atom is 0.246 e. The monoisotopic (exact) mass is 266 g/mol. The molecule has 5 heteroatoms. The Morgan fingerprint density at radius 2 is 2.22 bits per heavy atom. The topological polar surface area (TPSA) is 49.4 Å². The molecule has 0 aliphatic carbocycles. The fourth-order valence-electron chi connectivity index (χ4n) is 2.18. The molecule has 0 aromatic carbocycles. The molecule has 98 valence electrons. The number of thiophene rings is 1. The Labute approximate surface area is 111 Å². The Kier molecular flexibility index (Phi) is 3.43. The summed E-state index contributed by atoms with van der Waals surface area (Å²) in [6, 6.07) is 3.52. The van der Waals surface area contributed by atoms with Crippen LogP contribution in [-0.2, 0) is 16.1 Å². The second-order valence-corrected chi connectivity index (χ2v) is 5.86. The Hall–Kier alpha value is -1.36. The molecule has 2 amide bonds. The number of rotatable bonds is 3. The molecule has 1 N–H and O–H groups in total. The second kappa shape index (κ2) is 4.72. The van der Waals surface area contributed by atoms with Crippen molar-refractivity contribution in [2.75, 3.05) is 0 Å². The molecule has 2 atom stereocenters. The van der Waals surface area contributed by atoms with E-state index in [1.165, 1.54) is 0 Å². The number of carbonyl (C=O) groups excluding carboxylic acids is 2. The first kappa shape index (κ1) is 13.1. The van der Waals surface area contributed by atoms with E-state index in [1.807, 2.05) is 31.4 Å². The molecule has 0 radical (unpaired) electrons. The predicted molar refractivity (Wildman–Crippen MR) is 71.2 cm³/mol. The fraction of sp³-hybridized carbons (Fsp3) is 0.538. The molecule has 2 heterocycles. The van der Waals surface area contributed by atoms with Crippen LogP contribution in [0.3, 0.4) is 0 Å². The normalized spacial score (nSPS) is 28.4. The lowest BCUT2D eigenvalue weighted by molar-refractivity contribution is -0.157. The van der Waals surface area contributed by atoms with Gasteiger partial charge >= 0.3 is 0 Å². The van der Waals surface area contributed by atoms with E-state index in [0.717, 1.165) is 4.88 Å². The number of nitrogens with one attached hydrogen (secondary N) is 1. The number of amides is 2. The molecule has 1 fully saturated rings. The van der Waals surface area contributed by atoms with Gasteiger partial charge in [0.25, 0.3) is 0 Å². The molecule has 0 spiro atoms. The van der Waals surface area contributed by atoms with E-state index in [1.54, 1.807) is 23.2 Å². The van der Waals surface area contributed by atoms with Gasteiger partial charge < -0.3 is 10.2 Å². The number of carbonyl (C=O) groups is 2. The summed E-state index contributed by atoms with van der Waals surface area (Å²) in [4.78, 5) is 27.2. The van der Waals surface area contributed by atoms with Gasteiger partial charge in [-0.3, -0.25) is 9.59 Å². The summed E-state index contributed by atoms with van der Waals surface area (Å²) in [5.74, 6) is -0.0685. The van der Waals surface area contributed by atoms with Gasteiger partial charge in [0.15, 0.2) is 0 Å². The number of nitrogens with zero attached hydrogens (tertiary/aromatic N) is 1. The van der Waals surface area contributed by atoms with Crippen molar-refractivity contribution in [3.8, 4) is 0 Å². The van der Waals surface area contributed by atoms with E-state index < -0.39 is 11.6 Å². The van der Waals surface area contributed by atoms with E-state index in [4.69, 9.17) is 0 Å². The van der Waals surface area contributed by atoms with Crippen molar-refractivity contribution in [1.29, 1.82) is 0 Å². The molecule has 1 aliphatic heterocycles. The summed E-state index contributed by atoms with van der Waals surface area (Å²) in [6.45, 7) is 6.01. The molecule has 0 bridgehead atoms. The first-order valence-electron chi connectivity index (χ1n) is 6.14. The quantitative estimate of drug-likeness (QED) is 0.906. The van der Waals surface area contributed by atoms with Crippen LogP contribution in [0.2, 0.25) is 0 Å². The van der Waals surface area contributed by atoms with Crippen LogP contribution in [0.4, 0.5) is 0 Å². The van der Waals surface area contributed by atoms with E-state index >= 15 is 0 Å². The van der Waals surface area contributed by atoms with Gasteiger partial charge in [-0.25, -0.2) is 0 Å². The minimum Gasteiger partial charge on any atom is -0.343 e. The molecule has 4 nitrogen and oxygen atoms in total. The van der Waals surface area contributed by atoms with Gasteiger partial charge in [0.1, 0.15) is 11.6 Å². The lowest BCUT2D eigenvalue weighted by atomic mass is 9.91. The van der Waals surface area contributed by atoms with Crippen molar-refractivity contribution < 1.29 is 9.59 Å². The van der Waals surface area contributed by atoms with Gasteiger partial charge in [0.05, 0.1) is 6.54 Å². The van der Waals surface area contributed by atoms with Crippen molar-refractivity contribution >= 4 is 23.2 Å². The van der Waals surface area contributed by atoms with E-state index in [9.17, 15) is 9.59 Å². The first-order valence-corrected chi connectivity index (χ1v) is 7.02. The second-order valence-electron chi connectivity index (χ2n) is 4.83. The molecule has 1 aliphatic rings. The third-order valence-electron chi connectivity index (χ3n) is 3.65. The highest BCUT2D eigenvalue weighted by molar-refractivity contribution is 7.09. The zero-order valence-electron chi connectivity index (χ0n) is 10.9. The maximum absolute atomic E-state index is 12.3. The molecule has 1 aromatic heterocycles. The highest BCUT2D eigenvalue weighted by atomic mass is 32.1. The van der Waals surface area contributed by atoms with Crippen LogP contribution in [0.5, 0.6) is 0 Å². The van der Waals surface area contributed by atoms with Crippen LogP contribution < -0.4 is 5.32 Å². The van der Waals surface area contributed by atoms with Gasteiger partial charge in [-0.1, -0.05) is 13.0 Å². The Morgan fingerprint density at radius 1 is 1.50 bits per heavy atom. The Morgan fingerprint density at radius 3 is 2.78 bits per heavy atom. The van der Waals surface area contributed by atoms with E-state index in [-0.39, 0.29) is 11.8 Å². The third kappa shape index (κ3) is 2.03. The highest BCUT2D eigenvalue weighted by Gasteiger charge is 2.46. The fourth-order valence-corrected chi connectivity index (χ4v) is 2.87. The molecule has 1 aromatic rings. The van der Waals surface area contributed by atoms with Crippen molar-refractivity contribution in [3.05, 3.63) is 22.4 Å². The van der Waals surface area contributed by atoms with Crippen molar-refractivity contribution in [2.24, 2.45) is 0 Å². The van der Waals surface area contributed by atoms with Crippen molar-refractivity contribution in [1.82, 2.24) is 10.2 Å². The third-order valence-corrected chi connectivity index (χ3v) is 4.51. The zero-order valence-corrected chi connectivity index (χ0v) is 11.7. The average Bonchev–Trinajstić information content (AvgIpc) is 2.85. The summed E-state index contributed by atoms with van der Waals surface area (Å²) in [5, 5.41) is 4.74. The minimum atomic E-state index is -0.742. The van der Waals surface area contributed by atoms with Crippen LogP contribution in [0.25, 0.3) is 0 Å². The minimum absolute atomic E-state index is 0.00708. The molecule has 18 heavy (non-hydrogen) atoms. The van der Waals surface area contributed by atoms with Crippen LogP contribution >= 0.6 is 11.3 Å². The predicted octanol–water partition coefficient (Wildman–Crippen LogP) is 1.76. The molecule has 2 rings (SSSR count). The van der Waals surface area contributed by atoms with Crippen LogP contribution in [0.15, 0.2) is 17.5 Å². The number of piperazine rings is 1. The maximum atomic E-state index is 12.3. The smallest absolute Gasteiger partial charge is 0.246 e. The summed E-state index contributed by atoms with van der Waals surface area (Å²) >= 11 is 1.61. The van der Waals surface area contributed by atoms with E-state index in [0.29, 0.717) is 13.0 Å². The van der Waals surface area contributed by atoms with Crippen LogP contribution in [0, 0.1) is 0 Å². The van der Waals surface area contributed by atoms with Gasteiger partial charge in [0, 0.05) is 4.88 Å². The largest absolute Gasteiger partial charge is 0.343 e. The van der Waals surface area contributed by atoms with Gasteiger partial charge in [0.2, 0.25) is 11.8 Å². The van der Waals surface area contributed by atoms with Gasteiger partial charge in [-0.15, -0.1) is 11.3 Å². The first-order chi connectivity index (χ1) is 8.49. The molecule has 1 saturated heterocycles. The van der Waals surface area contributed by atoms with Crippen molar-refractivity contribution in [3.63, 3.8) is 0 Å². The standard InChI is InChI=1S/C13H18N2O2S/c1-4-13(3)12(17)14-9(2)11(16)15(13)8-10-6-5-7-18-10/h5-7,9H,4,8H2,1-3H3,(H,14,17). The Bertz CT molecular complexity index is 458. The molecular weight excluding hydrogens is 248 g/mol. The number of hydrogen-bond donors (Lipinski definition) is 1.